The van der Waals surface area contributed by atoms with E-state index in [1.54, 1.807) is 0 Å². The Hall–Kier alpha value is -0.660. The zero-order valence-electron chi connectivity index (χ0n) is 11.1. The van der Waals surface area contributed by atoms with E-state index in [-0.39, 0.29) is 19.0 Å². The number of nitrogens with one attached hydrogen (secondary N) is 1. The van der Waals surface area contributed by atoms with Crippen LogP contribution in [0.4, 0.5) is 0 Å². The van der Waals surface area contributed by atoms with Gasteiger partial charge in [-0.05, 0) is 24.7 Å². The molecule has 0 aromatic rings. The summed E-state index contributed by atoms with van der Waals surface area (Å²) in [7, 11) is -2.18. The average Bonchev–Trinajstić information content (AvgIpc) is 2.57. The van der Waals surface area contributed by atoms with Gasteiger partial charge in [0, 0.05) is 19.6 Å². The molecule has 1 aliphatic rings. The molecular weight excluding hydrogens is 256 g/mol. The van der Waals surface area contributed by atoms with Crippen LogP contribution >= 0.6 is 0 Å². The summed E-state index contributed by atoms with van der Waals surface area (Å²) in [6, 6.07) is -0.0442. The van der Waals surface area contributed by atoms with Gasteiger partial charge in [-0.15, -0.1) is 0 Å². The van der Waals surface area contributed by atoms with E-state index in [4.69, 9.17) is 5.11 Å². The molecule has 0 saturated heterocycles. The first-order valence-electron chi connectivity index (χ1n) is 6.19. The summed E-state index contributed by atoms with van der Waals surface area (Å²) in [5, 5.41) is 8.55. The molecule has 3 atom stereocenters. The molecule has 0 amide bonds. The van der Waals surface area contributed by atoms with E-state index >= 15 is 0 Å². The molecule has 1 rings (SSSR count). The van der Waals surface area contributed by atoms with Crippen molar-refractivity contribution in [3.8, 4) is 0 Å². The van der Waals surface area contributed by atoms with Crippen LogP contribution < -0.4 is 4.72 Å². The molecule has 1 saturated carbocycles. The van der Waals surface area contributed by atoms with Crippen LogP contribution in [0.25, 0.3) is 0 Å². The lowest BCUT2D eigenvalue weighted by Gasteiger charge is -2.23. The third kappa shape index (κ3) is 3.93. The second kappa shape index (κ2) is 5.99. The van der Waals surface area contributed by atoms with E-state index in [1.165, 1.54) is 7.05 Å². The van der Waals surface area contributed by atoms with Gasteiger partial charge in [0.1, 0.15) is 0 Å². The Labute approximate surface area is 109 Å². The SMILES string of the molecule is CC1CCC(NS(=O)(=O)N(C)CCC(=O)O)C1C. The number of nitrogens with zero attached hydrogens (tertiary/aromatic N) is 1. The zero-order valence-corrected chi connectivity index (χ0v) is 11.9. The van der Waals surface area contributed by atoms with E-state index in [0.717, 1.165) is 17.1 Å². The maximum atomic E-state index is 12.0. The summed E-state index contributed by atoms with van der Waals surface area (Å²) >= 11 is 0. The summed E-state index contributed by atoms with van der Waals surface area (Å²) < 4.78 is 27.7. The molecular formula is C11H22N2O4S. The van der Waals surface area contributed by atoms with Crippen molar-refractivity contribution in [2.75, 3.05) is 13.6 Å². The van der Waals surface area contributed by atoms with E-state index in [9.17, 15) is 13.2 Å². The summed E-state index contributed by atoms with van der Waals surface area (Å²) in [6.45, 7) is 4.15. The van der Waals surface area contributed by atoms with Crippen LogP contribution in [0.2, 0.25) is 0 Å². The first-order chi connectivity index (χ1) is 8.24. The fourth-order valence-electron chi connectivity index (χ4n) is 2.19. The number of aliphatic carboxylic acids is 1. The predicted molar refractivity (Wildman–Crippen MR) is 68.3 cm³/mol. The van der Waals surface area contributed by atoms with Crippen molar-refractivity contribution in [1.82, 2.24) is 9.03 Å². The van der Waals surface area contributed by atoms with Gasteiger partial charge in [0.15, 0.2) is 0 Å². The summed E-state index contributed by atoms with van der Waals surface area (Å²) in [6.07, 6.45) is 1.68. The lowest BCUT2D eigenvalue weighted by molar-refractivity contribution is -0.137. The van der Waals surface area contributed by atoms with Gasteiger partial charge >= 0.3 is 5.97 Å². The molecule has 0 aliphatic heterocycles. The highest BCUT2D eigenvalue weighted by Crippen LogP contribution is 2.31. The predicted octanol–water partition coefficient (Wildman–Crippen LogP) is 0.662. The molecule has 0 aromatic heterocycles. The van der Waals surface area contributed by atoms with Gasteiger partial charge in [-0.1, -0.05) is 13.8 Å². The highest BCUT2D eigenvalue weighted by Gasteiger charge is 2.33. The Balaban J connectivity index is 2.56. The van der Waals surface area contributed by atoms with Crippen molar-refractivity contribution < 1.29 is 18.3 Å². The van der Waals surface area contributed by atoms with Crippen molar-refractivity contribution in [3.63, 3.8) is 0 Å². The lowest BCUT2D eigenvalue weighted by Crippen LogP contribution is -2.45. The monoisotopic (exact) mass is 278 g/mol. The maximum Gasteiger partial charge on any atom is 0.304 e. The Morgan fingerprint density at radius 3 is 2.44 bits per heavy atom. The van der Waals surface area contributed by atoms with Crippen LogP contribution in [0.15, 0.2) is 0 Å². The molecule has 3 unspecified atom stereocenters. The van der Waals surface area contributed by atoms with Crippen molar-refractivity contribution >= 4 is 16.2 Å². The van der Waals surface area contributed by atoms with Crippen LogP contribution in [0.3, 0.4) is 0 Å². The normalized spacial score (nSPS) is 28.8. The van der Waals surface area contributed by atoms with Gasteiger partial charge in [-0.25, -0.2) is 0 Å². The van der Waals surface area contributed by atoms with E-state index < -0.39 is 16.2 Å². The number of hydrogen-bond acceptors (Lipinski definition) is 3. The highest BCUT2D eigenvalue weighted by molar-refractivity contribution is 7.87. The van der Waals surface area contributed by atoms with Gasteiger partial charge in [-0.2, -0.15) is 17.4 Å². The van der Waals surface area contributed by atoms with Crippen LogP contribution in [-0.2, 0) is 15.0 Å². The van der Waals surface area contributed by atoms with Crippen LogP contribution in [-0.4, -0.2) is 43.4 Å². The number of carbonyl (C=O) groups is 1. The van der Waals surface area contributed by atoms with E-state index in [1.807, 2.05) is 6.92 Å². The molecule has 6 nitrogen and oxygen atoms in total. The molecule has 7 heteroatoms. The van der Waals surface area contributed by atoms with E-state index in [2.05, 4.69) is 11.6 Å². The highest BCUT2D eigenvalue weighted by atomic mass is 32.2. The van der Waals surface area contributed by atoms with Crippen LogP contribution in [0.5, 0.6) is 0 Å². The third-order valence-corrected chi connectivity index (χ3v) is 5.42. The van der Waals surface area contributed by atoms with Crippen LogP contribution in [0, 0.1) is 11.8 Å². The summed E-state index contributed by atoms with van der Waals surface area (Å²) in [5.41, 5.74) is 0. The molecule has 0 spiro atoms. The molecule has 0 radical (unpaired) electrons. The van der Waals surface area contributed by atoms with Gasteiger partial charge in [0.2, 0.25) is 0 Å². The lowest BCUT2D eigenvalue weighted by atomic mass is 9.98. The maximum absolute atomic E-state index is 12.0. The van der Waals surface area contributed by atoms with Gasteiger partial charge in [0.25, 0.3) is 10.2 Å². The topological polar surface area (TPSA) is 86.7 Å². The van der Waals surface area contributed by atoms with Gasteiger partial charge in [-0.3, -0.25) is 4.79 Å². The van der Waals surface area contributed by atoms with Crippen LogP contribution in [0.1, 0.15) is 33.1 Å². The molecule has 1 fully saturated rings. The Morgan fingerprint density at radius 2 is 2.00 bits per heavy atom. The van der Waals surface area contributed by atoms with Gasteiger partial charge < -0.3 is 5.11 Å². The fraction of sp³-hybridized carbons (Fsp3) is 0.909. The molecule has 106 valence electrons. The number of rotatable bonds is 6. The molecule has 0 heterocycles. The summed E-state index contributed by atoms with van der Waals surface area (Å²) in [4.78, 5) is 10.4. The van der Waals surface area contributed by atoms with E-state index in [0.29, 0.717) is 11.8 Å². The van der Waals surface area contributed by atoms with Gasteiger partial charge in [0.05, 0.1) is 6.42 Å². The standard InChI is InChI=1S/C11H22N2O4S/c1-8-4-5-10(9(8)2)12-18(16,17)13(3)7-6-11(14)15/h8-10,12H,4-7H2,1-3H3,(H,14,15). The number of hydrogen-bond donors (Lipinski definition) is 2. The largest absolute Gasteiger partial charge is 0.481 e. The minimum absolute atomic E-state index is 0.0126. The smallest absolute Gasteiger partial charge is 0.304 e. The van der Waals surface area contributed by atoms with Crippen molar-refractivity contribution in [2.45, 2.75) is 39.2 Å². The Bertz CT molecular complexity index is 396. The Kier molecular flexibility index (Phi) is 5.12. The van der Waals surface area contributed by atoms with Crippen molar-refractivity contribution in [1.29, 1.82) is 0 Å². The molecule has 2 N–H and O–H groups in total. The number of carboxylic acid groups (broad SMARTS) is 1. The fourth-order valence-corrected chi connectivity index (χ4v) is 3.41. The first kappa shape index (κ1) is 15.4. The molecule has 0 bridgehead atoms. The minimum Gasteiger partial charge on any atom is -0.481 e. The number of carboxylic acids is 1. The molecule has 0 aromatic carbocycles. The Morgan fingerprint density at radius 1 is 1.39 bits per heavy atom. The molecule has 1 aliphatic carbocycles. The minimum atomic E-state index is -3.58. The zero-order chi connectivity index (χ0) is 13.9. The molecule has 18 heavy (non-hydrogen) atoms. The van der Waals surface area contributed by atoms with Crippen molar-refractivity contribution in [2.24, 2.45) is 11.8 Å². The second-order valence-electron chi connectivity index (χ2n) is 5.11. The van der Waals surface area contributed by atoms with Crippen molar-refractivity contribution in [3.05, 3.63) is 0 Å². The quantitative estimate of drug-likeness (QED) is 0.747. The summed E-state index contributed by atoms with van der Waals surface area (Å²) in [5.74, 6) is -0.172. The average molecular weight is 278 g/mol. The third-order valence-electron chi connectivity index (χ3n) is 3.82. The second-order valence-corrected chi connectivity index (χ2v) is 6.92. The first-order valence-corrected chi connectivity index (χ1v) is 7.63.